The SMILES string of the molecule is O=C(Nc1nccs1)/C(=N/OCCc1ccccn1)c1ccc(S(=O)(=O)C2CC2)cc1. The summed E-state index contributed by atoms with van der Waals surface area (Å²) in [5, 5.41) is 8.59. The zero-order chi connectivity index (χ0) is 21.7. The Morgan fingerprint density at radius 3 is 2.58 bits per heavy atom. The van der Waals surface area contributed by atoms with Gasteiger partial charge in [-0.2, -0.15) is 0 Å². The van der Waals surface area contributed by atoms with E-state index in [9.17, 15) is 13.2 Å². The second kappa shape index (κ2) is 9.36. The van der Waals surface area contributed by atoms with Gasteiger partial charge < -0.3 is 4.84 Å². The normalized spacial score (nSPS) is 14.3. The number of amides is 1. The third kappa shape index (κ3) is 5.33. The summed E-state index contributed by atoms with van der Waals surface area (Å²) in [6.07, 6.45) is 5.19. The fourth-order valence-corrected chi connectivity index (χ4v) is 5.03. The van der Waals surface area contributed by atoms with Crippen molar-refractivity contribution < 1.29 is 18.0 Å². The van der Waals surface area contributed by atoms with Crippen molar-refractivity contribution in [2.75, 3.05) is 11.9 Å². The van der Waals surface area contributed by atoms with Crippen molar-refractivity contribution in [3.63, 3.8) is 0 Å². The van der Waals surface area contributed by atoms with Crippen LogP contribution in [0.1, 0.15) is 24.1 Å². The molecule has 0 spiro atoms. The van der Waals surface area contributed by atoms with Crippen molar-refractivity contribution >= 4 is 37.9 Å². The number of anilines is 1. The van der Waals surface area contributed by atoms with Crippen molar-refractivity contribution in [2.24, 2.45) is 5.16 Å². The Kier molecular flexibility index (Phi) is 6.38. The minimum Gasteiger partial charge on any atom is -0.395 e. The third-order valence-electron chi connectivity index (χ3n) is 4.62. The zero-order valence-electron chi connectivity index (χ0n) is 16.5. The molecule has 0 radical (unpaired) electrons. The van der Waals surface area contributed by atoms with Gasteiger partial charge in [0, 0.05) is 35.5 Å². The molecule has 1 amide bonds. The lowest BCUT2D eigenvalue weighted by molar-refractivity contribution is -0.110. The molecule has 8 nitrogen and oxygen atoms in total. The molecule has 1 aliphatic rings. The molecule has 1 aliphatic carbocycles. The highest BCUT2D eigenvalue weighted by atomic mass is 32.2. The van der Waals surface area contributed by atoms with Crippen LogP contribution in [-0.2, 0) is 25.9 Å². The van der Waals surface area contributed by atoms with Crippen LogP contribution in [0.2, 0.25) is 0 Å². The van der Waals surface area contributed by atoms with Gasteiger partial charge in [0.15, 0.2) is 20.7 Å². The highest BCUT2D eigenvalue weighted by Crippen LogP contribution is 2.33. The van der Waals surface area contributed by atoms with E-state index in [1.807, 2.05) is 18.2 Å². The van der Waals surface area contributed by atoms with Crippen molar-refractivity contribution in [3.05, 3.63) is 71.5 Å². The van der Waals surface area contributed by atoms with E-state index in [1.165, 1.54) is 23.5 Å². The van der Waals surface area contributed by atoms with E-state index in [4.69, 9.17) is 4.84 Å². The van der Waals surface area contributed by atoms with Crippen LogP contribution in [0.5, 0.6) is 0 Å². The van der Waals surface area contributed by atoms with Crippen LogP contribution in [0.3, 0.4) is 0 Å². The van der Waals surface area contributed by atoms with Crippen LogP contribution in [-0.4, -0.2) is 41.9 Å². The van der Waals surface area contributed by atoms with Crippen LogP contribution in [0.25, 0.3) is 0 Å². The molecule has 0 atom stereocenters. The Hall–Kier alpha value is -3.11. The number of oxime groups is 1. The van der Waals surface area contributed by atoms with E-state index in [-0.39, 0.29) is 22.5 Å². The molecule has 0 aliphatic heterocycles. The largest absolute Gasteiger partial charge is 0.395 e. The molecule has 1 saturated carbocycles. The summed E-state index contributed by atoms with van der Waals surface area (Å²) in [6.45, 7) is 0.235. The second-order valence-electron chi connectivity index (χ2n) is 6.90. The first-order chi connectivity index (χ1) is 15.0. The molecule has 31 heavy (non-hydrogen) atoms. The molecule has 1 N–H and O–H groups in total. The summed E-state index contributed by atoms with van der Waals surface area (Å²) in [5.74, 6) is -0.495. The van der Waals surface area contributed by atoms with E-state index in [2.05, 4.69) is 20.4 Å². The maximum Gasteiger partial charge on any atom is 0.280 e. The molecule has 4 rings (SSSR count). The molecular weight excluding hydrogens is 436 g/mol. The van der Waals surface area contributed by atoms with Crippen molar-refractivity contribution in [2.45, 2.75) is 29.4 Å². The lowest BCUT2D eigenvalue weighted by atomic mass is 10.1. The van der Waals surface area contributed by atoms with Crippen LogP contribution in [0, 0.1) is 0 Å². The zero-order valence-corrected chi connectivity index (χ0v) is 18.1. The molecule has 2 aromatic heterocycles. The predicted molar refractivity (Wildman–Crippen MR) is 118 cm³/mol. The standard InChI is InChI=1S/C21H20N4O4S2/c26-20(24-21-23-12-14-30-21)19(25-29-13-10-16-3-1-2-11-22-16)15-4-6-17(7-5-15)31(27,28)18-8-9-18/h1-7,11-12,14,18H,8-10,13H2,(H,23,24,26)/b25-19+. The molecule has 3 aromatic rings. The van der Waals surface area contributed by atoms with Crippen molar-refractivity contribution in [3.8, 4) is 0 Å². The van der Waals surface area contributed by atoms with E-state index in [1.54, 1.807) is 29.9 Å². The number of benzene rings is 1. The number of thiazole rings is 1. The number of hydrogen-bond donors (Lipinski definition) is 1. The first-order valence-corrected chi connectivity index (χ1v) is 12.1. The van der Waals surface area contributed by atoms with E-state index < -0.39 is 15.7 Å². The Morgan fingerprint density at radius 2 is 1.94 bits per heavy atom. The van der Waals surface area contributed by atoms with Gasteiger partial charge in [-0.15, -0.1) is 11.3 Å². The minimum absolute atomic E-state index is 0.0339. The topological polar surface area (TPSA) is 111 Å². The van der Waals surface area contributed by atoms with Gasteiger partial charge in [-0.3, -0.25) is 15.1 Å². The van der Waals surface area contributed by atoms with E-state index in [0.717, 1.165) is 5.69 Å². The highest BCUT2D eigenvalue weighted by Gasteiger charge is 2.36. The molecule has 0 saturated heterocycles. The van der Waals surface area contributed by atoms with Crippen LogP contribution in [0.15, 0.2) is 70.3 Å². The number of carbonyl (C=O) groups excluding carboxylic acids is 1. The van der Waals surface area contributed by atoms with Gasteiger partial charge in [0.25, 0.3) is 5.91 Å². The number of hydrogen-bond acceptors (Lipinski definition) is 8. The first kappa shape index (κ1) is 21.1. The fraction of sp³-hybridized carbons (Fsp3) is 0.238. The lowest BCUT2D eigenvalue weighted by Gasteiger charge is -2.08. The molecular formula is C21H20N4O4S2. The average molecular weight is 457 g/mol. The van der Waals surface area contributed by atoms with Gasteiger partial charge in [0.05, 0.1) is 10.1 Å². The first-order valence-electron chi connectivity index (χ1n) is 9.69. The quantitative estimate of drug-likeness (QED) is 0.301. The van der Waals surface area contributed by atoms with Crippen LogP contribution in [0.4, 0.5) is 5.13 Å². The summed E-state index contributed by atoms with van der Waals surface area (Å²) in [6, 6.07) is 11.7. The Labute approximate surface area is 183 Å². The number of pyridine rings is 1. The van der Waals surface area contributed by atoms with Gasteiger partial charge in [-0.25, -0.2) is 13.4 Å². The average Bonchev–Trinajstić information content (AvgIpc) is 3.53. The smallest absolute Gasteiger partial charge is 0.280 e. The van der Waals surface area contributed by atoms with Gasteiger partial charge in [0.2, 0.25) is 0 Å². The second-order valence-corrected chi connectivity index (χ2v) is 10.0. The predicted octanol–water partition coefficient (Wildman–Crippen LogP) is 3.08. The number of nitrogens with one attached hydrogen (secondary N) is 1. The maximum absolute atomic E-state index is 12.8. The molecule has 10 heteroatoms. The number of aromatic nitrogens is 2. The van der Waals surface area contributed by atoms with Gasteiger partial charge in [-0.1, -0.05) is 23.4 Å². The van der Waals surface area contributed by atoms with Crippen molar-refractivity contribution in [1.29, 1.82) is 0 Å². The lowest BCUT2D eigenvalue weighted by Crippen LogP contribution is -2.24. The fourth-order valence-electron chi connectivity index (χ4n) is 2.85. The number of rotatable bonds is 9. The highest BCUT2D eigenvalue weighted by molar-refractivity contribution is 7.92. The van der Waals surface area contributed by atoms with Gasteiger partial charge in [0.1, 0.15) is 6.61 Å². The molecule has 2 heterocycles. The van der Waals surface area contributed by atoms with Crippen LogP contribution < -0.4 is 5.32 Å². The van der Waals surface area contributed by atoms with Crippen molar-refractivity contribution in [1.82, 2.24) is 9.97 Å². The number of carbonyl (C=O) groups is 1. The summed E-state index contributed by atoms with van der Waals surface area (Å²) in [5.41, 5.74) is 1.33. The molecule has 1 fully saturated rings. The molecule has 160 valence electrons. The maximum atomic E-state index is 12.8. The number of nitrogens with zero attached hydrogens (tertiary/aromatic N) is 3. The Balaban J connectivity index is 1.51. The number of sulfone groups is 1. The third-order valence-corrected chi connectivity index (χ3v) is 7.59. The Morgan fingerprint density at radius 1 is 1.13 bits per heavy atom. The van der Waals surface area contributed by atoms with Gasteiger partial charge >= 0.3 is 0 Å². The minimum atomic E-state index is -3.31. The molecule has 1 aromatic carbocycles. The molecule has 0 bridgehead atoms. The molecule has 0 unspecified atom stereocenters. The monoisotopic (exact) mass is 456 g/mol. The Bertz CT molecular complexity index is 1160. The summed E-state index contributed by atoms with van der Waals surface area (Å²) in [7, 11) is -3.31. The van der Waals surface area contributed by atoms with Gasteiger partial charge in [-0.05, 0) is 37.1 Å². The summed E-state index contributed by atoms with van der Waals surface area (Å²) in [4.78, 5) is 26.7. The van der Waals surface area contributed by atoms with E-state index >= 15 is 0 Å². The van der Waals surface area contributed by atoms with Crippen LogP contribution >= 0.6 is 11.3 Å². The summed E-state index contributed by atoms with van der Waals surface area (Å²) < 4.78 is 24.8. The van der Waals surface area contributed by atoms with E-state index in [0.29, 0.717) is 30.0 Å². The summed E-state index contributed by atoms with van der Waals surface area (Å²) >= 11 is 1.28.